The molecule has 0 bridgehead atoms. The second-order valence-corrected chi connectivity index (χ2v) is 7.05. The number of carbonyl (C=O) groups is 1. The Morgan fingerprint density at radius 2 is 2.14 bits per heavy atom. The summed E-state index contributed by atoms with van der Waals surface area (Å²) < 4.78 is 6.13. The van der Waals surface area contributed by atoms with Gasteiger partial charge in [-0.05, 0) is 44.5 Å². The van der Waals surface area contributed by atoms with Crippen LogP contribution in [0.3, 0.4) is 0 Å². The molecule has 2 rings (SSSR count). The molecule has 0 saturated heterocycles. The number of nitrogens with one attached hydrogen (secondary N) is 2. The maximum Gasteiger partial charge on any atom is 0.314 e. The van der Waals surface area contributed by atoms with Crippen LogP contribution in [0.2, 0.25) is 4.34 Å². The number of hydrogen-bond acceptors (Lipinski definition) is 4. The summed E-state index contributed by atoms with van der Waals surface area (Å²) in [6.07, 6.45) is 0.721. The maximum atomic E-state index is 11.7. The van der Waals surface area contributed by atoms with Crippen molar-refractivity contribution < 1.29 is 14.3 Å². The van der Waals surface area contributed by atoms with Crippen LogP contribution < -0.4 is 10.6 Å². The third-order valence-electron chi connectivity index (χ3n) is 3.15. The van der Waals surface area contributed by atoms with Crippen LogP contribution in [0.4, 0.5) is 4.79 Å². The second-order valence-electron chi connectivity index (χ2n) is 5.25. The molecule has 2 amide bonds. The summed E-state index contributed by atoms with van der Waals surface area (Å²) in [7, 11) is 0. The fourth-order valence-corrected chi connectivity index (χ4v) is 3.00. The first-order chi connectivity index (χ1) is 10.4. The number of aliphatic hydroxyl groups is 1. The highest BCUT2D eigenvalue weighted by Crippen LogP contribution is 2.22. The zero-order chi connectivity index (χ0) is 16.2. The smallest absolute Gasteiger partial charge is 0.314 e. The molecule has 120 valence electrons. The minimum Gasteiger partial charge on any atom is -0.463 e. The number of aryl methyl sites for hydroxylation is 1. The fourth-order valence-electron chi connectivity index (χ4n) is 1.91. The Kier molecular flexibility index (Phi) is 5.50. The van der Waals surface area contributed by atoms with Gasteiger partial charge in [-0.2, -0.15) is 0 Å². The van der Waals surface area contributed by atoms with Gasteiger partial charge in [-0.15, -0.1) is 11.3 Å². The zero-order valence-corrected chi connectivity index (χ0v) is 14.1. The van der Waals surface area contributed by atoms with Crippen LogP contribution in [-0.4, -0.2) is 24.2 Å². The molecule has 2 aromatic rings. The molecule has 22 heavy (non-hydrogen) atoms. The van der Waals surface area contributed by atoms with Crippen LogP contribution in [-0.2, 0) is 12.0 Å². The molecule has 1 unspecified atom stereocenters. The van der Waals surface area contributed by atoms with Gasteiger partial charge in [0, 0.05) is 11.4 Å². The van der Waals surface area contributed by atoms with E-state index >= 15 is 0 Å². The van der Waals surface area contributed by atoms with E-state index in [4.69, 9.17) is 16.0 Å². The van der Waals surface area contributed by atoms with Crippen molar-refractivity contribution in [3.63, 3.8) is 0 Å². The Morgan fingerprint density at radius 3 is 2.73 bits per heavy atom. The molecular formula is C15H19ClN2O3S. The quantitative estimate of drug-likeness (QED) is 0.755. The Labute approximate surface area is 138 Å². The lowest BCUT2D eigenvalue weighted by Gasteiger charge is -2.21. The first kappa shape index (κ1) is 16.9. The van der Waals surface area contributed by atoms with E-state index < -0.39 is 5.60 Å². The van der Waals surface area contributed by atoms with Crippen molar-refractivity contribution in [2.24, 2.45) is 0 Å². The summed E-state index contributed by atoms with van der Waals surface area (Å²) in [6.45, 7) is 3.97. The van der Waals surface area contributed by atoms with Gasteiger partial charge in [-0.25, -0.2) is 4.79 Å². The molecule has 2 aromatic heterocycles. The van der Waals surface area contributed by atoms with Gasteiger partial charge < -0.3 is 20.2 Å². The average Bonchev–Trinajstić information content (AvgIpc) is 3.06. The fraction of sp³-hybridized carbons (Fsp3) is 0.400. The van der Waals surface area contributed by atoms with Crippen molar-refractivity contribution in [1.82, 2.24) is 10.6 Å². The maximum absolute atomic E-state index is 11.7. The van der Waals surface area contributed by atoms with Crippen LogP contribution in [0.1, 0.15) is 23.3 Å². The molecule has 5 nitrogen and oxygen atoms in total. The van der Waals surface area contributed by atoms with Crippen molar-refractivity contribution in [3.05, 3.63) is 45.0 Å². The molecule has 2 heterocycles. The van der Waals surface area contributed by atoms with Gasteiger partial charge in [0.05, 0.1) is 10.9 Å². The summed E-state index contributed by atoms with van der Waals surface area (Å²) >= 11 is 7.34. The molecule has 0 aliphatic rings. The summed E-state index contributed by atoms with van der Waals surface area (Å²) in [5.41, 5.74) is -1.24. The predicted molar refractivity (Wildman–Crippen MR) is 87.5 cm³/mol. The van der Waals surface area contributed by atoms with Crippen LogP contribution in [0.15, 0.2) is 28.7 Å². The number of furan rings is 1. The number of thiophene rings is 1. The molecule has 0 aromatic carbocycles. The minimum absolute atomic E-state index is 0.0661. The molecule has 0 aliphatic heterocycles. The largest absolute Gasteiger partial charge is 0.463 e. The standard InChI is InChI=1S/C15H19ClN2O3S/c1-10-3-5-12(21-10)15(2,20)9-18-14(19)17-8-7-11-4-6-13(16)22-11/h3-6,20H,7-9H2,1-2H3,(H2,17,18,19). The van der Waals surface area contributed by atoms with Crippen molar-refractivity contribution in [2.75, 3.05) is 13.1 Å². The van der Waals surface area contributed by atoms with Gasteiger partial charge in [0.25, 0.3) is 0 Å². The van der Waals surface area contributed by atoms with Crippen molar-refractivity contribution in [2.45, 2.75) is 25.9 Å². The highest BCUT2D eigenvalue weighted by atomic mass is 35.5. The number of hydrogen-bond donors (Lipinski definition) is 3. The van der Waals surface area contributed by atoms with E-state index in [0.717, 1.165) is 15.6 Å². The topological polar surface area (TPSA) is 74.5 Å². The lowest BCUT2D eigenvalue weighted by molar-refractivity contribution is 0.0360. The van der Waals surface area contributed by atoms with Crippen molar-refractivity contribution in [1.29, 1.82) is 0 Å². The van der Waals surface area contributed by atoms with Gasteiger partial charge in [0.1, 0.15) is 17.1 Å². The first-order valence-corrected chi connectivity index (χ1v) is 8.11. The highest BCUT2D eigenvalue weighted by Gasteiger charge is 2.27. The lowest BCUT2D eigenvalue weighted by atomic mass is 10.0. The van der Waals surface area contributed by atoms with Gasteiger partial charge in [0.15, 0.2) is 0 Å². The van der Waals surface area contributed by atoms with Gasteiger partial charge in [-0.3, -0.25) is 0 Å². The molecule has 0 radical (unpaired) electrons. The summed E-state index contributed by atoms with van der Waals surface area (Å²) in [5.74, 6) is 1.15. The van der Waals surface area contributed by atoms with E-state index in [1.165, 1.54) is 11.3 Å². The molecule has 0 aliphatic carbocycles. The van der Waals surface area contributed by atoms with Crippen molar-refractivity contribution in [3.8, 4) is 0 Å². The van der Waals surface area contributed by atoms with Crippen LogP contribution in [0.25, 0.3) is 0 Å². The summed E-state index contributed by atoms with van der Waals surface area (Å²) in [4.78, 5) is 12.8. The normalized spacial score (nSPS) is 13.6. The number of rotatable bonds is 6. The van der Waals surface area contributed by atoms with Crippen LogP contribution >= 0.6 is 22.9 Å². The number of carbonyl (C=O) groups excluding carboxylic acids is 1. The van der Waals surface area contributed by atoms with Gasteiger partial charge >= 0.3 is 6.03 Å². The van der Waals surface area contributed by atoms with Gasteiger partial charge in [-0.1, -0.05) is 11.6 Å². The third kappa shape index (κ3) is 4.76. The molecule has 3 N–H and O–H groups in total. The van der Waals surface area contributed by atoms with Crippen LogP contribution in [0, 0.1) is 6.92 Å². The van der Waals surface area contributed by atoms with E-state index in [9.17, 15) is 9.90 Å². The van der Waals surface area contributed by atoms with E-state index in [0.29, 0.717) is 18.1 Å². The first-order valence-electron chi connectivity index (χ1n) is 6.92. The average molecular weight is 343 g/mol. The molecule has 0 spiro atoms. The van der Waals surface area contributed by atoms with Crippen molar-refractivity contribution >= 4 is 29.0 Å². The molecule has 0 saturated carbocycles. The predicted octanol–water partition coefficient (Wildman–Crippen LogP) is 3.05. The Hall–Kier alpha value is -1.50. The molecule has 0 fully saturated rings. The zero-order valence-electron chi connectivity index (χ0n) is 12.5. The Balaban J connectivity index is 1.73. The van der Waals surface area contributed by atoms with Gasteiger partial charge in [0.2, 0.25) is 0 Å². The molecule has 1 atom stereocenters. The molecule has 7 heteroatoms. The SMILES string of the molecule is Cc1ccc(C(C)(O)CNC(=O)NCCc2ccc(Cl)s2)o1. The third-order valence-corrected chi connectivity index (χ3v) is 4.44. The number of amides is 2. The van der Waals surface area contributed by atoms with E-state index in [1.54, 1.807) is 26.0 Å². The highest BCUT2D eigenvalue weighted by molar-refractivity contribution is 7.16. The second kappa shape index (κ2) is 7.17. The summed E-state index contributed by atoms with van der Waals surface area (Å²) in [5, 5.41) is 15.7. The Bertz CT molecular complexity index is 636. The van der Waals surface area contributed by atoms with Crippen LogP contribution in [0.5, 0.6) is 0 Å². The molecular weight excluding hydrogens is 324 g/mol. The van der Waals surface area contributed by atoms with E-state index in [1.807, 2.05) is 12.1 Å². The summed E-state index contributed by atoms with van der Waals surface area (Å²) in [6, 6.07) is 6.93. The van der Waals surface area contributed by atoms with E-state index in [2.05, 4.69) is 10.6 Å². The lowest BCUT2D eigenvalue weighted by Crippen LogP contribution is -2.43. The van der Waals surface area contributed by atoms with E-state index in [-0.39, 0.29) is 12.6 Å². The number of urea groups is 1. The minimum atomic E-state index is -1.24. The Morgan fingerprint density at radius 1 is 1.36 bits per heavy atom. The monoisotopic (exact) mass is 342 g/mol. The number of halogens is 1.